The predicted molar refractivity (Wildman–Crippen MR) is 126 cm³/mol. The normalized spacial score (nSPS) is 25.2. The highest BCUT2D eigenvalue weighted by Gasteiger charge is 2.44. The Morgan fingerprint density at radius 1 is 1.18 bits per heavy atom. The molecule has 3 fully saturated rings. The molecule has 2 saturated heterocycles. The number of hydrogen-bond acceptors (Lipinski definition) is 6. The van der Waals surface area contributed by atoms with E-state index in [1.165, 1.54) is 0 Å². The van der Waals surface area contributed by atoms with E-state index in [2.05, 4.69) is 32.2 Å². The summed E-state index contributed by atoms with van der Waals surface area (Å²) in [6.07, 6.45) is 5.30. The number of anilines is 2. The number of aromatic nitrogens is 4. The Labute approximate surface area is 201 Å². The molecule has 6 rings (SSSR count). The summed E-state index contributed by atoms with van der Waals surface area (Å²) < 4.78 is 22.5. The second-order valence-electron chi connectivity index (χ2n) is 9.62. The van der Waals surface area contributed by atoms with E-state index >= 15 is 4.39 Å². The summed E-state index contributed by atoms with van der Waals surface area (Å²) in [5, 5.41) is 9.44. The van der Waals surface area contributed by atoms with E-state index in [9.17, 15) is 0 Å². The molecule has 2 unspecified atom stereocenters. The molecule has 7 nitrogen and oxygen atoms in total. The number of ether oxygens (including phenoxy) is 1. The largest absolute Gasteiger partial charge is 0.377 e. The van der Waals surface area contributed by atoms with Crippen molar-refractivity contribution in [1.29, 1.82) is 0 Å². The van der Waals surface area contributed by atoms with Gasteiger partial charge in [-0.1, -0.05) is 23.2 Å². The van der Waals surface area contributed by atoms with Gasteiger partial charge in [0.2, 0.25) is 5.95 Å². The number of rotatable bonds is 5. The first-order chi connectivity index (χ1) is 15.9. The first-order valence-corrected chi connectivity index (χ1v) is 12.1. The molecule has 3 aliphatic rings. The van der Waals surface area contributed by atoms with Gasteiger partial charge in [-0.3, -0.25) is 4.90 Å². The van der Waals surface area contributed by atoms with E-state index in [0.717, 1.165) is 30.3 Å². The van der Waals surface area contributed by atoms with E-state index in [-0.39, 0.29) is 11.5 Å². The van der Waals surface area contributed by atoms with Gasteiger partial charge in [-0.05, 0) is 50.4 Å². The molecule has 2 atom stereocenters. The molecule has 0 bridgehead atoms. The number of alkyl halides is 1. The Balaban J connectivity index is 1.25. The number of hydrogen-bond donors (Lipinski definition) is 1. The van der Waals surface area contributed by atoms with E-state index in [1.807, 2.05) is 16.8 Å². The molecule has 174 valence electrons. The molecule has 0 radical (unpaired) electrons. The SMILES string of the molecule is CC1(N2CCC(c3cc4nc(Nc5cnn(C6CC6)c5Cl)ncc4cc3Cl)C(F)C2)COC1. The van der Waals surface area contributed by atoms with Gasteiger partial charge in [0.05, 0.1) is 42.2 Å². The van der Waals surface area contributed by atoms with Crippen LogP contribution < -0.4 is 5.32 Å². The van der Waals surface area contributed by atoms with E-state index in [1.54, 1.807) is 12.4 Å². The lowest BCUT2D eigenvalue weighted by Crippen LogP contribution is -2.63. The Morgan fingerprint density at radius 2 is 2.00 bits per heavy atom. The average molecular weight is 491 g/mol. The Kier molecular flexibility index (Phi) is 5.25. The van der Waals surface area contributed by atoms with Crippen LogP contribution in [-0.4, -0.2) is 62.7 Å². The van der Waals surface area contributed by atoms with Crippen LogP contribution in [0.5, 0.6) is 0 Å². The first kappa shape index (κ1) is 21.5. The number of likely N-dealkylation sites (tertiary alicyclic amines) is 1. The third-order valence-corrected chi connectivity index (χ3v) is 7.81. The highest BCUT2D eigenvalue weighted by Crippen LogP contribution is 2.40. The van der Waals surface area contributed by atoms with Gasteiger partial charge in [0, 0.05) is 29.1 Å². The van der Waals surface area contributed by atoms with Crippen molar-refractivity contribution >= 4 is 45.7 Å². The number of benzene rings is 1. The van der Waals surface area contributed by atoms with Crippen LogP contribution in [0.3, 0.4) is 0 Å². The average Bonchev–Trinajstić information content (AvgIpc) is 3.56. The van der Waals surface area contributed by atoms with Crippen LogP contribution in [0.25, 0.3) is 10.9 Å². The maximum absolute atomic E-state index is 15.3. The van der Waals surface area contributed by atoms with Crippen molar-refractivity contribution in [3.63, 3.8) is 0 Å². The molecule has 2 aromatic heterocycles. The van der Waals surface area contributed by atoms with Crippen LogP contribution in [0, 0.1) is 0 Å². The Bertz CT molecular complexity index is 1210. The van der Waals surface area contributed by atoms with Crippen molar-refractivity contribution in [3.8, 4) is 0 Å². The van der Waals surface area contributed by atoms with Crippen molar-refractivity contribution in [1.82, 2.24) is 24.6 Å². The Morgan fingerprint density at radius 3 is 2.70 bits per heavy atom. The summed E-state index contributed by atoms with van der Waals surface area (Å²) in [6.45, 7) is 4.67. The fourth-order valence-corrected chi connectivity index (χ4v) is 5.45. The van der Waals surface area contributed by atoms with Gasteiger partial charge >= 0.3 is 0 Å². The zero-order valence-electron chi connectivity index (χ0n) is 18.3. The topological polar surface area (TPSA) is 68.1 Å². The van der Waals surface area contributed by atoms with Gasteiger partial charge in [0.15, 0.2) is 5.15 Å². The van der Waals surface area contributed by atoms with E-state index in [4.69, 9.17) is 27.9 Å². The van der Waals surface area contributed by atoms with Crippen molar-refractivity contribution in [2.75, 3.05) is 31.6 Å². The van der Waals surface area contributed by atoms with E-state index < -0.39 is 6.17 Å². The zero-order chi connectivity index (χ0) is 22.7. The summed E-state index contributed by atoms with van der Waals surface area (Å²) in [4.78, 5) is 11.3. The lowest BCUT2D eigenvalue weighted by molar-refractivity contribution is -0.143. The van der Waals surface area contributed by atoms with Crippen molar-refractivity contribution in [2.45, 2.75) is 49.9 Å². The molecule has 33 heavy (non-hydrogen) atoms. The molecule has 1 N–H and O–H groups in total. The summed E-state index contributed by atoms with van der Waals surface area (Å²) in [6, 6.07) is 4.12. The first-order valence-electron chi connectivity index (χ1n) is 11.3. The fraction of sp³-hybridized carbons (Fsp3) is 0.522. The van der Waals surface area contributed by atoms with Crippen molar-refractivity contribution in [2.24, 2.45) is 0 Å². The van der Waals surface area contributed by atoms with Crippen LogP contribution in [0.15, 0.2) is 24.5 Å². The molecule has 1 aliphatic carbocycles. The second-order valence-corrected chi connectivity index (χ2v) is 10.4. The minimum Gasteiger partial charge on any atom is -0.377 e. The maximum Gasteiger partial charge on any atom is 0.227 e. The van der Waals surface area contributed by atoms with Crippen molar-refractivity contribution < 1.29 is 9.13 Å². The molecule has 10 heteroatoms. The zero-order valence-corrected chi connectivity index (χ0v) is 19.8. The molecular weight excluding hydrogens is 466 g/mol. The summed E-state index contributed by atoms with van der Waals surface area (Å²) in [7, 11) is 0. The molecule has 4 heterocycles. The van der Waals surface area contributed by atoms with Gasteiger partial charge < -0.3 is 10.1 Å². The highest BCUT2D eigenvalue weighted by atomic mass is 35.5. The number of fused-ring (bicyclic) bond motifs is 1. The molecule has 0 spiro atoms. The number of nitrogens with one attached hydrogen (secondary N) is 1. The van der Waals surface area contributed by atoms with Gasteiger partial charge in [-0.2, -0.15) is 5.10 Å². The molecule has 0 amide bonds. The van der Waals surface area contributed by atoms with Crippen LogP contribution in [0.2, 0.25) is 10.2 Å². The molecule has 1 saturated carbocycles. The van der Waals surface area contributed by atoms with E-state index in [0.29, 0.717) is 59.5 Å². The van der Waals surface area contributed by atoms with Gasteiger partial charge in [0.25, 0.3) is 0 Å². The lowest BCUT2D eigenvalue weighted by atomic mass is 9.84. The minimum absolute atomic E-state index is 0.0507. The predicted octanol–water partition coefficient (Wildman–Crippen LogP) is 5.13. The van der Waals surface area contributed by atoms with Gasteiger partial charge in [0.1, 0.15) is 6.17 Å². The van der Waals surface area contributed by atoms with Crippen LogP contribution in [0.1, 0.15) is 43.7 Å². The van der Waals surface area contributed by atoms with Crippen LogP contribution >= 0.6 is 23.2 Å². The quantitative estimate of drug-likeness (QED) is 0.534. The Hall–Kier alpha value is -2.00. The minimum atomic E-state index is -1.00. The molecule has 1 aromatic carbocycles. The molecule has 3 aromatic rings. The fourth-order valence-electron chi connectivity index (χ4n) is 4.86. The number of nitrogens with zero attached hydrogens (tertiary/aromatic N) is 5. The van der Waals surface area contributed by atoms with Crippen LogP contribution in [-0.2, 0) is 4.74 Å². The van der Waals surface area contributed by atoms with Gasteiger partial charge in [-0.15, -0.1) is 0 Å². The number of halogens is 3. The summed E-state index contributed by atoms with van der Waals surface area (Å²) >= 11 is 13.1. The molecule has 2 aliphatic heterocycles. The standard InChI is InChI=1S/C23H25Cl2FN6O/c1-23(11-33-12-23)31-5-4-15(18(26)10-31)16-7-19-13(6-17(16)24)8-27-22(29-19)30-20-9-28-32(21(20)25)14-2-3-14/h6-9,14-15,18H,2-5,10-12H2,1H3,(H,27,29,30). The summed E-state index contributed by atoms with van der Waals surface area (Å²) in [5.74, 6) is 0.151. The third kappa shape index (κ3) is 3.87. The van der Waals surface area contributed by atoms with Crippen LogP contribution in [0.4, 0.5) is 16.0 Å². The summed E-state index contributed by atoms with van der Waals surface area (Å²) in [5.41, 5.74) is 2.13. The number of piperidine rings is 1. The maximum atomic E-state index is 15.3. The second kappa shape index (κ2) is 8.05. The van der Waals surface area contributed by atoms with Crippen molar-refractivity contribution in [3.05, 3.63) is 40.3 Å². The molecular formula is C23H25Cl2FN6O. The smallest absolute Gasteiger partial charge is 0.227 e. The lowest BCUT2D eigenvalue weighted by Gasteiger charge is -2.50. The third-order valence-electron chi connectivity index (χ3n) is 7.10. The van der Waals surface area contributed by atoms with Gasteiger partial charge in [-0.25, -0.2) is 19.0 Å². The highest BCUT2D eigenvalue weighted by molar-refractivity contribution is 6.32. The monoisotopic (exact) mass is 490 g/mol.